The standard InChI is InChI=1S/C12H13N3O2S2/c1-17-10(16)8-18-12-15-14-11(19-12)13-7-9-5-3-2-4-6-9/h2-6H,7-8H2,1H3,(H,13,14). The second-order valence-electron chi connectivity index (χ2n) is 3.58. The normalized spacial score (nSPS) is 10.2. The van der Waals surface area contributed by atoms with Gasteiger partial charge in [-0.3, -0.25) is 4.79 Å². The third-order valence-electron chi connectivity index (χ3n) is 2.23. The lowest BCUT2D eigenvalue weighted by molar-refractivity contribution is -0.137. The molecule has 19 heavy (non-hydrogen) atoms. The van der Waals surface area contributed by atoms with Crippen LogP contribution in [0.4, 0.5) is 5.13 Å². The first-order valence-corrected chi connectivity index (χ1v) is 7.39. The number of thioether (sulfide) groups is 1. The summed E-state index contributed by atoms with van der Waals surface area (Å²) in [7, 11) is 1.37. The fourth-order valence-corrected chi connectivity index (χ4v) is 2.87. The molecule has 1 aromatic heterocycles. The van der Waals surface area contributed by atoms with Crippen molar-refractivity contribution in [2.24, 2.45) is 0 Å². The van der Waals surface area contributed by atoms with Crippen molar-refractivity contribution >= 4 is 34.2 Å². The molecule has 5 nitrogen and oxygen atoms in total. The molecular weight excluding hydrogens is 282 g/mol. The monoisotopic (exact) mass is 295 g/mol. The van der Waals surface area contributed by atoms with Crippen molar-refractivity contribution in [3.05, 3.63) is 35.9 Å². The van der Waals surface area contributed by atoms with E-state index in [0.717, 1.165) is 9.47 Å². The molecule has 1 aromatic carbocycles. The van der Waals surface area contributed by atoms with E-state index in [4.69, 9.17) is 0 Å². The third kappa shape index (κ3) is 4.53. The van der Waals surface area contributed by atoms with Gasteiger partial charge in [0.1, 0.15) is 0 Å². The van der Waals surface area contributed by atoms with Crippen LogP contribution in [0.25, 0.3) is 0 Å². The molecule has 0 aliphatic carbocycles. The van der Waals surface area contributed by atoms with Crippen LogP contribution in [0.2, 0.25) is 0 Å². The van der Waals surface area contributed by atoms with Crippen LogP contribution in [-0.2, 0) is 16.1 Å². The van der Waals surface area contributed by atoms with E-state index in [1.807, 2.05) is 30.3 Å². The minimum atomic E-state index is -0.265. The van der Waals surface area contributed by atoms with Crippen LogP contribution in [0.15, 0.2) is 34.7 Å². The molecule has 0 spiro atoms. The van der Waals surface area contributed by atoms with Crippen LogP contribution in [0.5, 0.6) is 0 Å². The van der Waals surface area contributed by atoms with Crippen molar-refractivity contribution in [3.8, 4) is 0 Å². The smallest absolute Gasteiger partial charge is 0.316 e. The molecule has 0 aliphatic heterocycles. The zero-order chi connectivity index (χ0) is 13.5. The van der Waals surface area contributed by atoms with E-state index in [2.05, 4.69) is 20.3 Å². The van der Waals surface area contributed by atoms with Crippen LogP contribution >= 0.6 is 23.1 Å². The predicted molar refractivity (Wildman–Crippen MR) is 76.4 cm³/mol. The average molecular weight is 295 g/mol. The molecular formula is C12H13N3O2S2. The zero-order valence-corrected chi connectivity index (χ0v) is 12.0. The minimum Gasteiger partial charge on any atom is -0.468 e. The lowest BCUT2D eigenvalue weighted by atomic mass is 10.2. The summed E-state index contributed by atoms with van der Waals surface area (Å²) >= 11 is 2.75. The number of anilines is 1. The molecule has 2 aromatic rings. The fourth-order valence-electron chi connectivity index (χ4n) is 1.29. The number of benzene rings is 1. The Morgan fingerprint density at radius 3 is 2.89 bits per heavy atom. The molecule has 0 unspecified atom stereocenters. The molecule has 1 N–H and O–H groups in total. The van der Waals surface area contributed by atoms with Gasteiger partial charge in [0, 0.05) is 6.54 Å². The molecule has 0 bridgehead atoms. The molecule has 0 radical (unpaired) electrons. The van der Waals surface area contributed by atoms with Crippen molar-refractivity contribution < 1.29 is 9.53 Å². The molecule has 0 fully saturated rings. The minimum absolute atomic E-state index is 0.254. The van der Waals surface area contributed by atoms with Crippen molar-refractivity contribution in [1.29, 1.82) is 0 Å². The van der Waals surface area contributed by atoms with Gasteiger partial charge in [-0.25, -0.2) is 0 Å². The summed E-state index contributed by atoms with van der Waals surface area (Å²) in [6.07, 6.45) is 0. The van der Waals surface area contributed by atoms with E-state index >= 15 is 0 Å². The second kappa shape index (κ2) is 7.10. The number of rotatable bonds is 6. The van der Waals surface area contributed by atoms with Crippen LogP contribution in [0.3, 0.4) is 0 Å². The quantitative estimate of drug-likeness (QED) is 0.652. The van der Waals surface area contributed by atoms with Gasteiger partial charge in [-0.05, 0) is 5.56 Å². The van der Waals surface area contributed by atoms with Gasteiger partial charge in [0.25, 0.3) is 0 Å². The highest BCUT2D eigenvalue weighted by atomic mass is 32.2. The molecule has 0 aliphatic rings. The molecule has 0 saturated heterocycles. The van der Waals surface area contributed by atoms with Crippen molar-refractivity contribution in [1.82, 2.24) is 10.2 Å². The van der Waals surface area contributed by atoms with E-state index in [9.17, 15) is 4.79 Å². The van der Waals surface area contributed by atoms with Crippen molar-refractivity contribution in [2.45, 2.75) is 10.9 Å². The fraction of sp³-hybridized carbons (Fsp3) is 0.250. The Morgan fingerprint density at radius 1 is 1.37 bits per heavy atom. The average Bonchev–Trinajstić information content (AvgIpc) is 2.91. The number of ether oxygens (including phenoxy) is 1. The number of aromatic nitrogens is 2. The van der Waals surface area contributed by atoms with Gasteiger partial charge in [-0.15, -0.1) is 10.2 Å². The van der Waals surface area contributed by atoms with Gasteiger partial charge in [0.2, 0.25) is 5.13 Å². The predicted octanol–water partition coefficient (Wildman–Crippen LogP) is 2.42. The van der Waals surface area contributed by atoms with Crippen molar-refractivity contribution in [2.75, 3.05) is 18.2 Å². The number of esters is 1. The SMILES string of the molecule is COC(=O)CSc1nnc(NCc2ccccc2)s1. The first kappa shape index (κ1) is 13.8. The zero-order valence-electron chi connectivity index (χ0n) is 10.3. The number of carbonyl (C=O) groups is 1. The highest BCUT2D eigenvalue weighted by Gasteiger charge is 2.07. The summed E-state index contributed by atoms with van der Waals surface area (Å²) in [5.74, 6) is -0.0110. The molecule has 0 saturated carbocycles. The lowest BCUT2D eigenvalue weighted by Crippen LogP contribution is -2.02. The van der Waals surface area contributed by atoms with E-state index in [1.165, 1.54) is 35.8 Å². The number of nitrogens with zero attached hydrogens (tertiary/aromatic N) is 2. The Morgan fingerprint density at radius 2 is 2.16 bits per heavy atom. The van der Waals surface area contributed by atoms with Crippen molar-refractivity contribution in [3.63, 3.8) is 0 Å². The Bertz CT molecular complexity index is 531. The maximum Gasteiger partial charge on any atom is 0.316 e. The van der Waals surface area contributed by atoms with Crippen LogP contribution in [0.1, 0.15) is 5.56 Å². The summed E-state index contributed by atoms with van der Waals surface area (Å²) in [6.45, 7) is 0.705. The molecule has 0 atom stereocenters. The highest BCUT2D eigenvalue weighted by molar-refractivity contribution is 8.01. The molecule has 100 valence electrons. The van der Waals surface area contributed by atoms with E-state index < -0.39 is 0 Å². The van der Waals surface area contributed by atoms with Crippen LogP contribution < -0.4 is 5.32 Å². The van der Waals surface area contributed by atoms with Gasteiger partial charge in [-0.1, -0.05) is 53.4 Å². The first-order chi connectivity index (χ1) is 9.28. The Hall–Kier alpha value is -1.60. The van der Waals surface area contributed by atoms with Gasteiger partial charge in [-0.2, -0.15) is 0 Å². The van der Waals surface area contributed by atoms with Gasteiger partial charge < -0.3 is 10.1 Å². The Labute approximate surface area is 119 Å². The molecule has 0 amide bonds. The van der Waals surface area contributed by atoms with E-state index in [-0.39, 0.29) is 11.7 Å². The van der Waals surface area contributed by atoms with E-state index in [0.29, 0.717) is 6.54 Å². The van der Waals surface area contributed by atoms with Crippen LogP contribution in [-0.4, -0.2) is 29.0 Å². The second-order valence-corrected chi connectivity index (χ2v) is 5.78. The van der Waals surface area contributed by atoms with Gasteiger partial charge in [0.05, 0.1) is 12.9 Å². The van der Waals surface area contributed by atoms with Gasteiger partial charge in [0.15, 0.2) is 4.34 Å². The highest BCUT2D eigenvalue weighted by Crippen LogP contribution is 2.25. The van der Waals surface area contributed by atoms with Crippen LogP contribution in [0, 0.1) is 0 Å². The maximum atomic E-state index is 11.0. The number of hydrogen-bond donors (Lipinski definition) is 1. The topological polar surface area (TPSA) is 64.1 Å². The summed E-state index contributed by atoms with van der Waals surface area (Å²) in [4.78, 5) is 11.0. The Kier molecular flexibility index (Phi) is 5.17. The summed E-state index contributed by atoms with van der Waals surface area (Å²) in [5, 5.41) is 12.0. The summed E-state index contributed by atoms with van der Waals surface area (Å²) < 4.78 is 5.32. The maximum absolute atomic E-state index is 11.0. The molecule has 2 rings (SSSR count). The lowest BCUT2D eigenvalue weighted by Gasteiger charge is -2.00. The number of methoxy groups -OCH3 is 1. The number of nitrogens with one attached hydrogen (secondary N) is 1. The molecule has 1 heterocycles. The first-order valence-electron chi connectivity index (χ1n) is 5.59. The Balaban J connectivity index is 1.82. The molecule has 7 heteroatoms. The largest absolute Gasteiger partial charge is 0.468 e. The third-order valence-corrected chi connectivity index (χ3v) is 4.22. The number of carbonyl (C=O) groups excluding carboxylic acids is 1. The number of hydrogen-bond acceptors (Lipinski definition) is 7. The van der Waals surface area contributed by atoms with Gasteiger partial charge >= 0.3 is 5.97 Å². The summed E-state index contributed by atoms with van der Waals surface area (Å²) in [5.41, 5.74) is 1.18. The van der Waals surface area contributed by atoms with E-state index in [1.54, 1.807) is 0 Å². The summed E-state index contributed by atoms with van der Waals surface area (Å²) in [6, 6.07) is 10.1.